The highest BCUT2D eigenvalue weighted by Crippen LogP contribution is 2.14. The average Bonchev–Trinajstić information content (AvgIpc) is 2.11. The van der Waals surface area contributed by atoms with E-state index in [0.717, 1.165) is 0 Å². The van der Waals surface area contributed by atoms with Crippen LogP contribution in [0.3, 0.4) is 0 Å². The van der Waals surface area contributed by atoms with E-state index in [1.807, 2.05) is 0 Å². The summed E-state index contributed by atoms with van der Waals surface area (Å²) >= 11 is 0. The molecule has 0 spiro atoms. The molecule has 0 aliphatic heterocycles. The van der Waals surface area contributed by atoms with Gasteiger partial charge in [0.1, 0.15) is 11.1 Å². The Balaban J connectivity index is 4.55. The molecule has 4 N–H and O–H groups in total. The molecule has 0 aromatic heterocycles. The predicted octanol–water partition coefficient (Wildman–Crippen LogP) is 1.09. The highest BCUT2D eigenvalue weighted by atomic mass is 16.6. The normalized spacial score (nSPS) is 14.9. The van der Waals surface area contributed by atoms with Crippen LogP contribution in [0, 0.1) is 0 Å². The standard InChI is InChI=1S/C11H22N2O4/c1-10(2,3)17-9(16)13-11(4,8(14)15)6-5-7-12/h5-7,12H2,1-4H3,(H,13,16)(H,14,15). The Morgan fingerprint density at radius 3 is 2.18 bits per heavy atom. The average molecular weight is 246 g/mol. The van der Waals surface area contributed by atoms with E-state index in [1.54, 1.807) is 20.8 Å². The fourth-order valence-corrected chi connectivity index (χ4v) is 1.21. The van der Waals surface area contributed by atoms with Crippen molar-refractivity contribution in [3.8, 4) is 0 Å². The second-order valence-electron chi connectivity index (χ2n) is 5.16. The molecule has 1 amide bonds. The van der Waals surface area contributed by atoms with Gasteiger partial charge in [-0.3, -0.25) is 0 Å². The van der Waals surface area contributed by atoms with Crippen molar-refractivity contribution in [1.29, 1.82) is 0 Å². The van der Waals surface area contributed by atoms with Gasteiger partial charge in [0.05, 0.1) is 0 Å². The number of carbonyl (C=O) groups excluding carboxylic acids is 1. The molecule has 0 saturated heterocycles. The Hall–Kier alpha value is -1.30. The summed E-state index contributed by atoms with van der Waals surface area (Å²) in [6, 6.07) is 0. The smallest absolute Gasteiger partial charge is 0.408 e. The lowest BCUT2D eigenvalue weighted by Crippen LogP contribution is -2.53. The fourth-order valence-electron chi connectivity index (χ4n) is 1.21. The summed E-state index contributed by atoms with van der Waals surface area (Å²) < 4.78 is 5.02. The first-order chi connectivity index (χ1) is 7.60. The van der Waals surface area contributed by atoms with E-state index in [4.69, 9.17) is 15.6 Å². The highest BCUT2D eigenvalue weighted by Gasteiger charge is 2.35. The topological polar surface area (TPSA) is 102 Å². The molecule has 0 bridgehead atoms. The van der Waals surface area contributed by atoms with Gasteiger partial charge in [0.2, 0.25) is 0 Å². The fraction of sp³-hybridized carbons (Fsp3) is 0.818. The number of hydrogen-bond donors (Lipinski definition) is 3. The highest BCUT2D eigenvalue weighted by molar-refractivity contribution is 5.83. The van der Waals surface area contributed by atoms with Gasteiger partial charge in [-0.1, -0.05) is 0 Å². The Bertz CT molecular complexity index is 286. The second-order valence-corrected chi connectivity index (χ2v) is 5.16. The van der Waals surface area contributed by atoms with Crippen molar-refractivity contribution < 1.29 is 19.4 Å². The minimum Gasteiger partial charge on any atom is -0.480 e. The van der Waals surface area contributed by atoms with Crippen molar-refractivity contribution in [1.82, 2.24) is 5.32 Å². The number of aliphatic carboxylic acids is 1. The van der Waals surface area contributed by atoms with Crippen LogP contribution in [-0.4, -0.2) is 34.9 Å². The Kier molecular flexibility index (Phi) is 5.41. The van der Waals surface area contributed by atoms with E-state index >= 15 is 0 Å². The van der Waals surface area contributed by atoms with E-state index in [0.29, 0.717) is 13.0 Å². The van der Waals surface area contributed by atoms with Crippen LogP contribution in [0.15, 0.2) is 0 Å². The second kappa shape index (κ2) is 5.86. The first-order valence-corrected chi connectivity index (χ1v) is 5.55. The van der Waals surface area contributed by atoms with Crippen molar-refractivity contribution in [3.05, 3.63) is 0 Å². The number of nitrogens with two attached hydrogens (primary N) is 1. The minimum atomic E-state index is -1.35. The summed E-state index contributed by atoms with van der Waals surface area (Å²) in [5.41, 5.74) is 3.33. The predicted molar refractivity (Wildman–Crippen MR) is 63.7 cm³/mol. The molecule has 6 nitrogen and oxygen atoms in total. The Morgan fingerprint density at radius 2 is 1.82 bits per heavy atom. The van der Waals surface area contributed by atoms with Crippen LogP contribution >= 0.6 is 0 Å². The van der Waals surface area contributed by atoms with Crippen LogP contribution < -0.4 is 11.1 Å². The van der Waals surface area contributed by atoms with Crippen LogP contribution in [0.25, 0.3) is 0 Å². The van der Waals surface area contributed by atoms with Crippen LogP contribution in [0.4, 0.5) is 4.79 Å². The lowest BCUT2D eigenvalue weighted by atomic mass is 9.96. The van der Waals surface area contributed by atoms with Gasteiger partial charge in [0.15, 0.2) is 0 Å². The number of ether oxygens (including phenoxy) is 1. The molecule has 0 aromatic rings. The largest absolute Gasteiger partial charge is 0.480 e. The molecule has 0 fully saturated rings. The molecule has 0 aromatic carbocycles. The zero-order valence-corrected chi connectivity index (χ0v) is 10.9. The summed E-state index contributed by atoms with van der Waals surface area (Å²) in [5, 5.41) is 11.5. The van der Waals surface area contributed by atoms with Crippen LogP contribution in [-0.2, 0) is 9.53 Å². The summed E-state index contributed by atoms with van der Waals surface area (Å²) in [6.07, 6.45) is 0.0378. The molecular weight excluding hydrogens is 224 g/mol. The number of hydrogen-bond acceptors (Lipinski definition) is 4. The Labute approximate surface area is 102 Å². The lowest BCUT2D eigenvalue weighted by Gasteiger charge is -2.28. The molecule has 17 heavy (non-hydrogen) atoms. The molecular formula is C11H22N2O4. The van der Waals surface area contributed by atoms with E-state index in [2.05, 4.69) is 5.32 Å². The molecule has 1 atom stereocenters. The molecule has 0 saturated carbocycles. The van der Waals surface area contributed by atoms with Crippen molar-refractivity contribution in [2.24, 2.45) is 5.73 Å². The lowest BCUT2D eigenvalue weighted by molar-refractivity contribution is -0.144. The number of alkyl carbamates (subject to hydrolysis) is 1. The molecule has 100 valence electrons. The molecule has 1 unspecified atom stereocenters. The number of rotatable bonds is 5. The maximum atomic E-state index is 11.5. The summed E-state index contributed by atoms with van der Waals surface area (Å²) in [6.45, 7) is 6.95. The summed E-state index contributed by atoms with van der Waals surface area (Å²) in [4.78, 5) is 22.6. The van der Waals surface area contributed by atoms with Crippen molar-refractivity contribution in [2.75, 3.05) is 6.54 Å². The first kappa shape index (κ1) is 15.7. The van der Waals surface area contributed by atoms with Gasteiger partial charge < -0.3 is 20.9 Å². The van der Waals surface area contributed by atoms with Crippen molar-refractivity contribution in [3.63, 3.8) is 0 Å². The van der Waals surface area contributed by atoms with Crippen LogP contribution in [0.1, 0.15) is 40.5 Å². The van der Waals surface area contributed by atoms with Gasteiger partial charge in [-0.15, -0.1) is 0 Å². The van der Waals surface area contributed by atoms with E-state index < -0.39 is 23.2 Å². The number of carbonyl (C=O) groups is 2. The van der Waals surface area contributed by atoms with E-state index in [-0.39, 0.29) is 6.42 Å². The molecule has 0 rings (SSSR count). The third-order valence-corrected chi connectivity index (χ3v) is 2.13. The third kappa shape index (κ3) is 6.11. The number of amides is 1. The van der Waals surface area contributed by atoms with Crippen LogP contribution in [0.2, 0.25) is 0 Å². The maximum absolute atomic E-state index is 11.5. The van der Waals surface area contributed by atoms with Crippen molar-refractivity contribution in [2.45, 2.75) is 51.7 Å². The van der Waals surface area contributed by atoms with Gasteiger partial charge in [-0.25, -0.2) is 9.59 Å². The maximum Gasteiger partial charge on any atom is 0.408 e. The van der Waals surface area contributed by atoms with Gasteiger partial charge in [0, 0.05) is 0 Å². The first-order valence-electron chi connectivity index (χ1n) is 5.55. The van der Waals surface area contributed by atoms with Gasteiger partial charge >= 0.3 is 12.1 Å². The van der Waals surface area contributed by atoms with Crippen LogP contribution in [0.5, 0.6) is 0 Å². The number of nitrogens with one attached hydrogen (secondary N) is 1. The summed E-state index contributed by atoms with van der Waals surface area (Å²) in [5.74, 6) is -1.10. The monoisotopic (exact) mass is 246 g/mol. The third-order valence-electron chi connectivity index (χ3n) is 2.13. The van der Waals surface area contributed by atoms with E-state index in [1.165, 1.54) is 6.92 Å². The molecule has 0 heterocycles. The van der Waals surface area contributed by atoms with Gasteiger partial charge in [0.25, 0.3) is 0 Å². The number of carboxylic acid groups (broad SMARTS) is 1. The Morgan fingerprint density at radius 1 is 1.29 bits per heavy atom. The SMILES string of the molecule is CC(C)(C)OC(=O)NC(C)(CCCN)C(=O)O. The van der Waals surface area contributed by atoms with Gasteiger partial charge in [-0.05, 0) is 47.1 Å². The molecule has 0 aliphatic rings. The van der Waals surface area contributed by atoms with E-state index in [9.17, 15) is 9.59 Å². The summed E-state index contributed by atoms with van der Waals surface area (Å²) in [7, 11) is 0. The minimum absolute atomic E-state index is 0.262. The zero-order chi connectivity index (χ0) is 13.7. The van der Waals surface area contributed by atoms with Crippen molar-refractivity contribution >= 4 is 12.1 Å². The quantitative estimate of drug-likeness (QED) is 0.674. The molecule has 6 heteroatoms. The number of carboxylic acids is 1. The van der Waals surface area contributed by atoms with Gasteiger partial charge in [-0.2, -0.15) is 0 Å². The zero-order valence-electron chi connectivity index (χ0n) is 10.9. The molecule has 0 radical (unpaired) electrons. The molecule has 0 aliphatic carbocycles.